The molecule has 1 fully saturated rings. The Bertz CT molecular complexity index is 729. The number of nitrogens with two attached hydrogens (primary N) is 1. The Kier molecular flexibility index (Phi) is 6.46. The van der Waals surface area contributed by atoms with Crippen molar-refractivity contribution >= 4 is 24.0 Å². The number of ether oxygens (including phenoxy) is 1. The first-order valence-electron chi connectivity index (χ1n) is 9.18. The van der Waals surface area contributed by atoms with Crippen molar-refractivity contribution in [2.45, 2.75) is 46.1 Å². The lowest BCUT2D eigenvalue weighted by Gasteiger charge is -2.32. The van der Waals surface area contributed by atoms with Crippen molar-refractivity contribution in [2.75, 3.05) is 25.4 Å². The van der Waals surface area contributed by atoms with Crippen LogP contribution in [0.5, 0.6) is 0 Å². The van der Waals surface area contributed by atoms with Crippen LogP contribution < -0.4 is 5.73 Å². The maximum absolute atomic E-state index is 12.1. The van der Waals surface area contributed by atoms with Crippen molar-refractivity contribution in [3.8, 4) is 0 Å². The number of amides is 1. The Morgan fingerprint density at radius 1 is 1.33 bits per heavy atom. The number of likely N-dealkylation sites (tertiary alicyclic amines) is 1. The van der Waals surface area contributed by atoms with Gasteiger partial charge in [0.15, 0.2) is 0 Å². The van der Waals surface area contributed by atoms with Gasteiger partial charge >= 0.3 is 12.1 Å². The van der Waals surface area contributed by atoms with Gasteiger partial charge in [-0.1, -0.05) is 0 Å². The van der Waals surface area contributed by atoms with Gasteiger partial charge in [-0.15, -0.1) is 0 Å². The highest BCUT2D eigenvalue weighted by atomic mass is 16.6. The van der Waals surface area contributed by atoms with Crippen LogP contribution in [0.4, 0.5) is 10.5 Å². The van der Waals surface area contributed by atoms with E-state index in [0.29, 0.717) is 42.4 Å². The van der Waals surface area contributed by atoms with Crippen LogP contribution in [-0.2, 0) is 4.74 Å². The molecule has 1 aliphatic rings. The predicted molar refractivity (Wildman–Crippen MR) is 106 cm³/mol. The first kappa shape index (κ1) is 20.7. The number of nitrogen functional groups attached to an aromatic ring is 1. The summed E-state index contributed by atoms with van der Waals surface area (Å²) in [4.78, 5) is 29.6. The number of anilines is 1. The van der Waals surface area contributed by atoms with E-state index in [1.54, 1.807) is 24.1 Å². The zero-order chi connectivity index (χ0) is 20.2. The molecule has 0 aliphatic carbocycles. The number of rotatable bonds is 4. The van der Waals surface area contributed by atoms with Crippen LogP contribution in [0.15, 0.2) is 17.1 Å². The summed E-state index contributed by atoms with van der Waals surface area (Å²) in [6, 6.07) is 3.11. The topological polar surface area (TPSA) is 105 Å². The van der Waals surface area contributed by atoms with Crippen LogP contribution >= 0.6 is 0 Å². The van der Waals surface area contributed by atoms with Crippen molar-refractivity contribution in [2.24, 2.45) is 10.9 Å². The second-order valence-electron chi connectivity index (χ2n) is 7.95. The molecule has 1 saturated heterocycles. The van der Waals surface area contributed by atoms with Crippen molar-refractivity contribution in [3.63, 3.8) is 0 Å². The van der Waals surface area contributed by atoms with Gasteiger partial charge in [0.2, 0.25) is 0 Å². The molecule has 27 heavy (non-hydrogen) atoms. The molecule has 1 amide bonds. The van der Waals surface area contributed by atoms with Crippen LogP contribution in [0.2, 0.25) is 0 Å². The minimum Gasteiger partial charge on any atom is -0.478 e. The number of carbonyl (C=O) groups is 2. The summed E-state index contributed by atoms with van der Waals surface area (Å²) in [5.41, 5.74) is 7.50. The van der Waals surface area contributed by atoms with Gasteiger partial charge in [-0.2, -0.15) is 0 Å². The van der Waals surface area contributed by atoms with E-state index >= 15 is 0 Å². The van der Waals surface area contributed by atoms with Gasteiger partial charge in [0.25, 0.3) is 0 Å². The van der Waals surface area contributed by atoms with E-state index in [9.17, 15) is 14.7 Å². The molecule has 7 heteroatoms. The quantitative estimate of drug-likeness (QED) is 0.620. The molecule has 7 nitrogen and oxygen atoms in total. The lowest BCUT2D eigenvalue weighted by atomic mass is 9.97. The maximum Gasteiger partial charge on any atom is 0.410 e. The minimum absolute atomic E-state index is 0.233. The number of hydrogen-bond acceptors (Lipinski definition) is 5. The second kappa shape index (κ2) is 8.41. The maximum atomic E-state index is 12.1. The summed E-state index contributed by atoms with van der Waals surface area (Å²) in [7, 11) is 0. The van der Waals surface area contributed by atoms with Gasteiger partial charge in [0.05, 0.1) is 5.56 Å². The van der Waals surface area contributed by atoms with Crippen LogP contribution in [0.3, 0.4) is 0 Å². The highest BCUT2D eigenvalue weighted by molar-refractivity contribution is 5.97. The molecule has 1 aromatic rings. The molecular weight excluding hydrogens is 346 g/mol. The van der Waals surface area contributed by atoms with Crippen LogP contribution in [0, 0.1) is 12.8 Å². The summed E-state index contributed by atoms with van der Waals surface area (Å²) in [6.07, 6.45) is 3.12. The molecule has 0 aromatic heterocycles. The Balaban J connectivity index is 1.91. The summed E-state index contributed by atoms with van der Waals surface area (Å²) < 4.78 is 5.40. The van der Waals surface area contributed by atoms with Crippen molar-refractivity contribution in [1.82, 2.24) is 4.90 Å². The Morgan fingerprint density at radius 2 is 1.96 bits per heavy atom. The Labute approximate surface area is 160 Å². The van der Waals surface area contributed by atoms with Gasteiger partial charge in [0, 0.05) is 37.1 Å². The number of aliphatic imine (C=N–C) groups is 1. The van der Waals surface area contributed by atoms with Gasteiger partial charge in [-0.3, -0.25) is 4.99 Å². The Morgan fingerprint density at radius 3 is 2.52 bits per heavy atom. The fourth-order valence-electron chi connectivity index (χ4n) is 3.07. The lowest BCUT2D eigenvalue weighted by Crippen LogP contribution is -2.42. The summed E-state index contributed by atoms with van der Waals surface area (Å²) >= 11 is 0. The first-order valence-corrected chi connectivity index (χ1v) is 9.18. The number of aromatic carboxylic acids is 1. The zero-order valence-electron chi connectivity index (χ0n) is 16.5. The van der Waals surface area contributed by atoms with E-state index in [-0.39, 0.29) is 11.7 Å². The number of piperidine rings is 1. The average molecular weight is 375 g/mol. The third kappa shape index (κ3) is 5.70. The lowest BCUT2D eigenvalue weighted by molar-refractivity contribution is 0.0187. The van der Waals surface area contributed by atoms with E-state index < -0.39 is 11.6 Å². The number of carbonyl (C=O) groups excluding carboxylic acids is 1. The summed E-state index contributed by atoms with van der Waals surface area (Å²) in [5.74, 6) is -0.596. The monoisotopic (exact) mass is 375 g/mol. The van der Waals surface area contributed by atoms with Gasteiger partial charge in [-0.25, -0.2) is 9.59 Å². The molecule has 0 bridgehead atoms. The molecule has 1 aromatic carbocycles. The molecule has 2 rings (SSSR count). The number of hydrogen-bond donors (Lipinski definition) is 2. The fourth-order valence-corrected chi connectivity index (χ4v) is 3.07. The predicted octanol–water partition coefficient (Wildman–Crippen LogP) is 3.34. The van der Waals surface area contributed by atoms with Crippen LogP contribution in [0.25, 0.3) is 0 Å². The SMILES string of the molecule is Cc1c(C(=O)O)ccc(N)c1C=NCC1CCN(C(=O)OC(C)(C)C)CC1. The highest BCUT2D eigenvalue weighted by Gasteiger charge is 2.26. The highest BCUT2D eigenvalue weighted by Crippen LogP contribution is 2.22. The molecule has 0 unspecified atom stereocenters. The number of carboxylic acids is 1. The number of nitrogens with zero attached hydrogens (tertiary/aromatic N) is 2. The third-order valence-electron chi connectivity index (χ3n) is 4.63. The van der Waals surface area contributed by atoms with Crippen LogP contribution in [0.1, 0.15) is 55.1 Å². The molecule has 0 atom stereocenters. The second-order valence-corrected chi connectivity index (χ2v) is 7.95. The molecular formula is C20H29N3O4. The molecule has 1 aliphatic heterocycles. The van der Waals surface area contributed by atoms with Gasteiger partial charge < -0.3 is 20.5 Å². The first-order chi connectivity index (χ1) is 12.6. The van der Waals surface area contributed by atoms with Gasteiger partial charge in [-0.05, 0) is 64.2 Å². The largest absolute Gasteiger partial charge is 0.478 e. The molecule has 3 N–H and O–H groups in total. The van der Waals surface area contributed by atoms with E-state index in [0.717, 1.165) is 12.8 Å². The number of carboxylic acid groups (broad SMARTS) is 1. The minimum atomic E-state index is -0.975. The Hall–Kier alpha value is -2.57. The standard InChI is InChI=1S/C20H29N3O4/c1-13-15(18(24)25)5-6-17(21)16(13)12-22-11-14-7-9-23(10-8-14)19(26)27-20(2,3)4/h5-6,12,14H,7-11,21H2,1-4H3,(H,24,25). The van der Waals surface area contributed by atoms with E-state index in [1.807, 2.05) is 20.8 Å². The van der Waals surface area contributed by atoms with E-state index in [4.69, 9.17) is 10.5 Å². The van der Waals surface area contributed by atoms with E-state index in [1.165, 1.54) is 6.07 Å². The fraction of sp³-hybridized carbons (Fsp3) is 0.550. The average Bonchev–Trinajstić information content (AvgIpc) is 2.56. The summed E-state index contributed by atoms with van der Waals surface area (Å²) in [6.45, 7) is 9.26. The molecule has 0 saturated carbocycles. The van der Waals surface area contributed by atoms with Crippen LogP contribution in [-0.4, -0.2) is 53.5 Å². The molecule has 1 heterocycles. The van der Waals surface area contributed by atoms with Crippen molar-refractivity contribution < 1.29 is 19.4 Å². The van der Waals surface area contributed by atoms with E-state index in [2.05, 4.69) is 4.99 Å². The zero-order valence-corrected chi connectivity index (χ0v) is 16.5. The number of benzene rings is 1. The van der Waals surface area contributed by atoms with Crippen molar-refractivity contribution in [3.05, 3.63) is 28.8 Å². The molecule has 0 radical (unpaired) electrons. The third-order valence-corrected chi connectivity index (χ3v) is 4.63. The normalized spacial score (nSPS) is 15.9. The smallest absolute Gasteiger partial charge is 0.410 e. The molecule has 148 valence electrons. The van der Waals surface area contributed by atoms with Gasteiger partial charge in [0.1, 0.15) is 5.60 Å². The molecule has 0 spiro atoms. The van der Waals surface area contributed by atoms with Crippen molar-refractivity contribution in [1.29, 1.82) is 0 Å². The summed E-state index contributed by atoms with van der Waals surface area (Å²) in [5, 5.41) is 9.22.